The molecule has 0 saturated heterocycles. The topological polar surface area (TPSA) is 37.4 Å². The van der Waals surface area contributed by atoms with Crippen LogP contribution in [-0.2, 0) is 17.4 Å². The largest absolute Gasteiger partial charge is 0.252 e. The lowest BCUT2D eigenvalue weighted by molar-refractivity contribution is 0.563. The predicted molar refractivity (Wildman–Crippen MR) is 75.2 cm³/mol. The molecule has 96 valence electrons. The third-order valence-electron chi connectivity index (χ3n) is 1.62. The van der Waals surface area contributed by atoms with Crippen molar-refractivity contribution in [2.24, 2.45) is 0 Å². The van der Waals surface area contributed by atoms with Crippen molar-refractivity contribution in [2.45, 2.75) is 9.67 Å². The molecule has 3 nitrogen and oxygen atoms in total. The summed E-state index contributed by atoms with van der Waals surface area (Å²) < 4.78 is 21.2. The molecule has 0 radical (unpaired) electrons. The molecule has 0 aromatic heterocycles. The van der Waals surface area contributed by atoms with Crippen LogP contribution in [0.5, 0.6) is 0 Å². The van der Waals surface area contributed by atoms with E-state index in [2.05, 4.69) is 0 Å². The SMILES string of the molecule is O=[SH](=O)N(Cc1ccc(Cl)cc1)SC(Cl)(Cl)Cl. The molecule has 0 aliphatic rings. The van der Waals surface area contributed by atoms with E-state index in [9.17, 15) is 8.42 Å². The maximum Gasteiger partial charge on any atom is 0.252 e. The van der Waals surface area contributed by atoms with Gasteiger partial charge in [-0.3, -0.25) is 0 Å². The normalized spacial score (nSPS) is 12.4. The van der Waals surface area contributed by atoms with Gasteiger partial charge in [-0.25, -0.2) is 8.42 Å². The van der Waals surface area contributed by atoms with E-state index in [-0.39, 0.29) is 6.54 Å². The zero-order valence-electron chi connectivity index (χ0n) is 8.15. The fourth-order valence-electron chi connectivity index (χ4n) is 0.989. The molecule has 9 heteroatoms. The van der Waals surface area contributed by atoms with Gasteiger partial charge in [0.15, 0.2) is 0 Å². The molecular formula is C8H7Cl4NO2S2. The third kappa shape index (κ3) is 6.38. The zero-order chi connectivity index (χ0) is 13.1. The Labute approximate surface area is 125 Å². The zero-order valence-corrected chi connectivity index (χ0v) is 12.9. The smallest absolute Gasteiger partial charge is 0.214 e. The second-order valence-corrected chi connectivity index (χ2v) is 8.77. The lowest BCUT2D eigenvalue weighted by Gasteiger charge is -2.18. The van der Waals surface area contributed by atoms with E-state index in [0.717, 1.165) is 9.27 Å². The molecule has 0 fully saturated rings. The van der Waals surface area contributed by atoms with Crippen LogP contribution in [0, 0.1) is 0 Å². The summed E-state index contributed by atoms with van der Waals surface area (Å²) in [6, 6.07) is 6.72. The van der Waals surface area contributed by atoms with E-state index in [1.54, 1.807) is 24.3 Å². The van der Waals surface area contributed by atoms with Crippen LogP contribution in [-0.4, -0.2) is 15.3 Å². The van der Waals surface area contributed by atoms with Gasteiger partial charge in [0.1, 0.15) is 0 Å². The van der Waals surface area contributed by atoms with Crippen LogP contribution < -0.4 is 0 Å². The van der Waals surface area contributed by atoms with E-state index >= 15 is 0 Å². The van der Waals surface area contributed by atoms with Crippen molar-refractivity contribution in [3.63, 3.8) is 0 Å². The predicted octanol–water partition coefficient (Wildman–Crippen LogP) is 3.64. The molecule has 1 aromatic carbocycles. The lowest BCUT2D eigenvalue weighted by atomic mass is 10.2. The first-order chi connectivity index (χ1) is 7.78. The Morgan fingerprint density at radius 3 is 2.12 bits per heavy atom. The Morgan fingerprint density at radius 2 is 1.71 bits per heavy atom. The quantitative estimate of drug-likeness (QED) is 0.509. The van der Waals surface area contributed by atoms with Gasteiger partial charge in [0.2, 0.25) is 10.9 Å². The molecular weight excluding hydrogens is 348 g/mol. The molecule has 0 heterocycles. The monoisotopic (exact) mass is 353 g/mol. The summed E-state index contributed by atoms with van der Waals surface area (Å²) in [5, 5.41) is 0.570. The van der Waals surface area contributed by atoms with Crippen molar-refractivity contribution in [2.75, 3.05) is 0 Å². The summed E-state index contributed by atoms with van der Waals surface area (Å²) in [7, 11) is -2.85. The highest BCUT2D eigenvalue weighted by Gasteiger charge is 2.26. The van der Waals surface area contributed by atoms with Crippen LogP contribution in [0.15, 0.2) is 24.3 Å². The molecule has 0 amide bonds. The van der Waals surface area contributed by atoms with Gasteiger partial charge in [0.05, 0.1) is 0 Å². The maximum absolute atomic E-state index is 11.0. The van der Waals surface area contributed by atoms with Crippen LogP contribution in [0.4, 0.5) is 0 Å². The summed E-state index contributed by atoms with van der Waals surface area (Å²) in [6.07, 6.45) is 0. The van der Waals surface area contributed by atoms with Gasteiger partial charge in [-0.2, -0.15) is 0 Å². The molecule has 0 unspecified atom stereocenters. The number of alkyl halides is 3. The second kappa shape index (κ2) is 6.70. The third-order valence-corrected chi connectivity index (χ3v) is 4.19. The second-order valence-electron chi connectivity index (χ2n) is 2.91. The highest BCUT2D eigenvalue weighted by atomic mass is 35.6. The summed E-state index contributed by atoms with van der Waals surface area (Å²) in [4.78, 5) is 0. The maximum atomic E-state index is 11.0. The van der Waals surface area contributed by atoms with Crippen molar-refractivity contribution in [3.8, 4) is 0 Å². The molecule has 1 aromatic rings. The van der Waals surface area contributed by atoms with Gasteiger partial charge in [0, 0.05) is 11.6 Å². The number of rotatable bonds is 4. The average molecular weight is 355 g/mol. The van der Waals surface area contributed by atoms with Crippen molar-refractivity contribution in [1.82, 2.24) is 3.71 Å². The Hall–Kier alpha value is 0.640. The Morgan fingerprint density at radius 1 is 1.18 bits per heavy atom. The first-order valence-electron chi connectivity index (χ1n) is 4.20. The van der Waals surface area contributed by atoms with Crippen LogP contribution in [0.3, 0.4) is 0 Å². The molecule has 1 rings (SSSR count). The minimum Gasteiger partial charge on any atom is -0.214 e. The summed E-state index contributed by atoms with van der Waals surface area (Å²) in [6.45, 7) is 0.106. The molecule has 0 spiro atoms. The lowest BCUT2D eigenvalue weighted by Crippen LogP contribution is -2.17. The summed E-state index contributed by atoms with van der Waals surface area (Å²) >= 11 is 22.9. The van der Waals surface area contributed by atoms with Crippen molar-refractivity contribution >= 4 is 69.2 Å². The van der Waals surface area contributed by atoms with E-state index in [4.69, 9.17) is 46.4 Å². The molecule has 0 aliphatic carbocycles. The van der Waals surface area contributed by atoms with Crippen molar-refractivity contribution < 1.29 is 8.42 Å². The van der Waals surface area contributed by atoms with Crippen molar-refractivity contribution in [3.05, 3.63) is 34.9 Å². The Balaban J connectivity index is 2.77. The van der Waals surface area contributed by atoms with Gasteiger partial charge < -0.3 is 0 Å². The van der Waals surface area contributed by atoms with Gasteiger partial charge >= 0.3 is 0 Å². The van der Waals surface area contributed by atoms with Crippen molar-refractivity contribution in [1.29, 1.82) is 0 Å². The highest BCUT2D eigenvalue weighted by Crippen LogP contribution is 2.41. The first-order valence-corrected chi connectivity index (χ1v) is 7.61. The number of benzene rings is 1. The average Bonchev–Trinajstić information content (AvgIpc) is 2.18. The fourth-order valence-corrected chi connectivity index (χ4v) is 3.66. The number of hydrogen-bond acceptors (Lipinski definition) is 3. The van der Waals surface area contributed by atoms with Crippen LogP contribution >= 0.6 is 58.4 Å². The van der Waals surface area contributed by atoms with Gasteiger partial charge in [0.25, 0.3) is 3.12 Å². The number of halogens is 4. The number of thiol groups is 1. The number of hydrogen-bond donors (Lipinski definition) is 1. The molecule has 0 atom stereocenters. The minimum atomic E-state index is -2.85. The van der Waals surface area contributed by atoms with Crippen LogP contribution in [0.1, 0.15) is 5.56 Å². The molecule has 0 aliphatic heterocycles. The standard InChI is InChI=1S/C8H7Cl4NO2S2/c9-7-3-1-6(2-4-7)5-13(17(14)15)16-8(10,11)12/h1-4,17H,5H2. The van der Waals surface area contributed by atoms with E-state index in [0.29, 0.717) is 17.0 Å². The van der Waals surface area contributed by atoms with Gasteiger partial charge in [-0.15, -0.1) is 3.71 Å². The molecule has 0 saturated carbocycles. The summed E-state index contributed by atoms with van der Waals surface area (Å²) in [5.74, 6) is 0. The Bertz CT molecular complexity index is 436. The van der Waals surface area contributed by atoms with E-state index < -0.39 is 14.0 Å². The van der Waals surface area contributed by atoms with Gasteiger partial charge in [-0.05, 0) is 29.6 Å². The first kappa shape index (κ1) is 15.7. The van der Waals surface area contributed by atoms with Crippen LogP contribution in [0.2, 0.25) is 5.02 Å². The molecule has 0 N–H and O–H groups in total. The number of nitrogens with zero attached hydrogens (tertiary/aromatic N) is 1. The van der Waals surface area contributed by atoms with Crippen LogP contribution in [0.25, 0.3) is 0 Å². The summed E-state index contributed by atoms with van der Waals surface area (Å²) in [5.41, 5.74) is 0.746. The van der Waals surface area contributed by atoms with E-state index in [1.807, 2.05) is 0 Å². The fraction of sp³-hybridized carbons (Fsp3) is 0.250. The molecule has 17 heavy (non-hydrogen) atoms. The Kier molecular flexibility index (Phi) is 6.19. The van der Waals surface area contributed by atoms with Gasteiger partial charge in [-0.1, -0.05) is 58.5 Å². The highest BCUT2D eigenvalue weighted by molar-refractivity contribution is 8.08. The van der Waals surface area contributed by atoms with E-state index in [1.165, 1.54) is 0 Å². The minimum absolute atomic E-state index is 0.106. The molecule has 0 bridgehead atoms.